The molecule has 2 nitrogen and oxygen atoms in total. The fourth-order valence-electron chi connectivity index (χ4n) is 5.81. The predicted molar refractivity (Wildman–Crippen MR) is 170 cm³/mol. The lowest BCUT2D eigenvalue weighted by atomic mass is 9.99. The Morgan fingerprint density at radius 2 is 1.13 bits per heavy atom. The van der Waals surface area contributed by atoms with Crippen LogP contribution in [0.2, 0.25) is 0 Å². The number of ether oxygens (including phenoxy) is 1. The topological polar surface area (TPSA) is 26.3 Å². The summed E-state index contributed by atoms with van der Waals surface area (Å²) < 4.78 is 11.0. The van der Waals surface area contributed by atoms with Crippen LogP contribution in [0.1, 0.15) is 31.9 Å². The van der Waals surface area contributed by atoms with Crippen LogP contribution in [-0.4, -0.2) is 5.97 Å². The minimum Gasteiger partial charge on any atom is -0.458 e. The van der Waals surface area contributed by atoms with Crippen LogP contribution >= 0.6 is 22.7 Å². The Hall–Kier alpha value is -3.99. The van der Waals surface area contributed by atoms with Gasteiger partial charge in [-0.25, -0.2) is 0 Å². The lowest BCUT2D eigenvalue weighted by Gasteiger charge is -2.14. The molecular weight excluding hydrogens is 517 g/mol. The fraction of sp³-hybridized carbons (Fsp3) is 0.114. The van der Waals surface area contributed by atoms with Crippen molar-refractivity contribution in [3.63, 3.8) is 0 Å². The number of carbonyl (C=O) groups excluding carboxylic acids is 1. The highest BCUT2D eigenvalue weighted by molar-refractivity contribution is 7.36. The zero-order valence-corrected chi connectivity index (χ0v) is 23.2. The molecular formula is C35H24O2S2. The van der Waals surface area contributed by atoms with Crippen LogP contribution in [0.5, 0.6) is 0 Å². The Morgan fingerprint density at radius 1 is 0.641 bits per heavy atom. The summed E-state index contributed by atoms with van der Waals surface area (Å²) in [7, 11) is 0. The second-order valence-corrected chi connectivity index (χ2v) is 12.5. The molecule has 0 N–H and O–H groups in total. The molecule has 0 aliphatic rings. The van der Waals surface area contributed by atoms with Gasteiger partial charge in [0.25, 0.3) is 0 Å². The molecule has 0 amide bonds. The average Bonchev–Trinajstić information content (AvgIpc) is 3.47. The van der Waals surface area contributed by atoms with E-state index in [9.17, 15) is 4.79 Å². The third-order valence-corrected chi connectivity index (χ3v) is 10.4. The Labute approximate surface area is 233 Å². The molecule has 0 aliphatic heterocycles. The number of benzene rings is 6. The van der Waals surface area contributed by atoms with Crippen LogP contribution in [0, 0.1) is 0 Å². The van der Waals surface area contributed by atoms with Crippen LogP contribution in [-0.2, 0) is 9.53 Å². The highest BCUT2D eigenvalue weighted by Crippen LogP contribution is 2.46. The molecule has 0 bridgehead atoms. The second-order valence-electron chi connectivity index (χ2n) is 10.4. The molecule has 2 aromatic heterocycles. The van der Waals surface area contributed by atoms with Crippen molar-refractivity contribution in [1.29, 1.82) is 0 Å². The molecule has 0 aliphatic carbocycles. The van der Waals surface area contributed by atoms with E-state index < -0.39 is 0 Å². The lowest BCUT2D eigenvalue weighted by Crippen LogP contribution is -2.07. The largest absolute Gasteiger partial charge is 0.458 e. The van der Waals surface area contributed by atoms with Crippen LogP contribution in [0.15, 0.2) is 91.0 Å². The van der Waals surface area contributed by atoms with Gasteiger partial charge in [-0.2, -0.15) is 0 Å². The van der Waals surface area contributed by atoms with Gasteiger partial charge in [0, 0.05) is 26.6 Å². The second kappa shape index (κ2) is 8.51. The van der Waals surface area contributed by atoms with Crippen molar-refractivity contribution in [1.82, 2.24) is 0 Å². The molecule has 0 fully saturated rings. The molecule has 0 saturated carbocycles. The molecule has 6 aromatic carbocycles. The number of thiophene rings is 2. The maximum Gasteiger partial charge on any atom is 0.306 e. The van der Waals surface area contributed by atoms with Crippen molar-refractivity contribution in [3.8, 4) is 0 Å². The zero-order chi connectivity index (χ0) is 26.2. The summed E-state index contributed by atoms with van der Waals surface area (Å²) in [5.41, 5.74) is 1.02. The SMILES string of the molecule is CCC(=O)OC(C)c1ccc2cc3cc4c(cc3cc2c1)sc1c2cc3cc5ccccc5cc3cc2sc41. The summed E-state index contributed by atoms with van der Waals surface area (Å²) in [6.45, 7) is 3.76. The summed E-state index contributed by atoms with van der Waals surface area (Å²) in [6, 6.07) is 33.6. The number of fused-ring (bicyclic) bond motifs is 9. The van der Waals surface area contributed by atoms with E-state index in [-0.39, 0.29) is 12.1 Å². The molecule has 0 radical (unpaired) electrons. The molecule has 4 heteroatoms. The number of carbonyl (C=O) groups is 1. The standard InChI is InChI=1S/C35H24O2S2/c1-3-33(36)37-19(2)20-8-9-23-13-26-16-30-32(18-28(26)14-24(23)10-20)39-34-29-15-25-11-21-6-4-5-7-22(21)12-27(25)17-31(29)38-35(30)34/h4-19H,3H2,1-2H3. The van der Waals surface area contributed by atoms with Crippen molar-refractivity contribution < 1.29 is 9.53 Å². The van der Waals surface area contributed by atoms with Gasteiger partial charge in [0.1, 0.15) is 6.10 Å². The Balaban J connectivity index is 1.29. The minimum atomic E-state index is -0.258. The van der Waals surface area contributed by atoms with E-state index in [0.29, 0.717) is 6.42 Å². The first kappa shape index (κ1) is 22.9. The number of rotatable bonds is 3. The molecule has 2 heterocycles. The van der Waals surface area contributed by atoms with Crippen molar-refractivity contribution in [2.75, 3.05) is 0 Å². The minimum absolute atomic E-state index is 0.171. The molecule has 1 unspecified atom stereocenters. The van der Waals surface area contributed by atoms with E-state index in [4.69, 9.17) is 4.74 Å². The van der Waals surface area contributed by atoms with E-state index in [1.165, 1.54) is 72.7 Å². The van der Waals surface area contributed by atoms with Crippen LogP contribution < -0.4 is 0 Å². The van der Waals surface area contributed by atoms with Gasteiger partial charge in [-0.1, -0.05) is 43.3 Å². The summed E-state index contributed by atoms with van der Waals surface area (Å²) >= 11 is 3.81. The van der Waals surface area contributed by atoms with Gasteiger partial charge in [0.2, 0.25) is 0 Å². The Morgan fingerprint density at radius 3 is 1.69 bits per heavy atom. The van der Waals surface area contributed by atoms with Crippen LogP contribution in [0.3, 0.4) is 0 Å². The fourth-order valence-corrected chi connectivity index (χ4v) is 8.51. The van der Waals surface area contributed by atoms with Gasteiger partial charge in [-0.05, 0) is 110 Å². The number of esters is 1. The van der Waals surface area contributed by atoms with Gasteiger partial charge in [-0.3, -0.25) is 4.79 Å². The van der Waals surface area contributed by atoms with Crippen molar-refractivity contribution >= 4 is 101 Å². The summed E-state index contributed by atoms with van der Waals surface area (Å²) in [4.78, 5) is 11.8. The summed E-state index contributed by atoms with van der Waals surface area (Å²) in [6.07, 6.45) is 0.130. The normalized spacial score (nSPS) is 13.0. The molecule has 8 rings (SSSR count). The van der Waals surface area contributed by atoms with Crippen molar-refractivity contribution in [2.24, 2.45) is 0 Å². The molecule has 1 atom stereocenters. The molecule has 8 aromatic rings. The van der Waals surface area contributed by atoms with Gasteiger partial charge in [0.15, 0.2) is 0 Å². The van der Waals surface area contributed by atoms with Crippen molar-refractivity contribution in [3.05, 3.63) is 96.6 Å². The molecule has 0 saturated heterocycles. The van der Waals surface area contributed by atoms with E-state index >= 15 is 0 Å². The zero-order valence-electron chi connectivity index (χ0n) is 21.6. The smallest absolute Gasteiger partial charge is 0.306 e. The molecule has 0 spiro atoms. The van der Waals surface area contributed by atoms with Gasteiger partial charge in [0.05, 0.1) is 9.40 Å². The van der Waals surface area contributed by atoms with Gasteiger partial charge < -0.3 is 4.74 Å². The highest BCUT2D eigenvalue weighted by atomic mass is 32.1. The monoisotopic (exact) mass is 540 g/mol. The first-order valence-electron chi connectivity index (χ1n) is 13.3. The first-order valence-corrected chi connectivity index (χ1v) is 15.0. The number of hydrogen-bond acceptors (Lipinski definition) is 4. The number of hydrogen-bond donors (Lipinski definition) is 0. The molecule has 39 heavy (non-hydrogen) atoms. The Kier molecular flexibility index (Phi) is 5.00. The maximum absolute atomic E-state index is 11.8. The van der Waals surface area contributed by atoms with E-state index in [2.05, 4.69) is 91.0 Å². The maximum atomic E-state index is 11.8. The van der Waals surface area contributed by atoms with E-state index in [1.807, 2.05) is 36.5 Å². The average molecular weight is 541 g/mol. The van der Waals surface area contributed by atoms with Gasteiger partial charge >= 0.3 is 5.97 Å². The first-order chi connectivity index (χ1) is 19.0. The van der Waals surface area contributed by atoms with Crippen LogP contribution in [0.25, 0.3) is 72.7 Å². The van der Waals surface area contributed by atoms with Crippen LogP contribution in [0.4, 0.5) is 0 Å². The molecule has 188 valence electrons. The predicted octanol–water partition coefficient (Wildman–Crippen LogP) is 10.9. The summed E-state index contributed by atoms with van der Waals surface area (Å²) in [5, 5.41) is 12.7. The van der Waals surface area contributed by atoms with Gasteiger partial charge in [-0.15, -0.1) is 22.7 Å². The summed E-state index contributed by atoms with van der Waals surface area (Å²) in [5.74, 6) is -0.171. The third kappa shape index (κ3) is 3.63. The highest BCUT2D eigenvalue weighted by Gasteiger charge is 2.15. The quantitative estimate of drug-likeness (QED) is 0.165. The van der Waals surface area contributed by atoms with E-state index in [1.54, 1.807) is 0 Å². The lowest BCUT2D eigenvalue weighted by molar-refractivity contribution is -0.148. The van der Waals surface area contributed by atoms with E-state index in [0.717, 1.165) is 5.56 Å². The third-order valence-electron chi connectivity index (χ3n) is 7.91. The van der Waals surface area contributed by atoms with Crippen molar-refractivity contribution in [2.45, 2.75) is 26.4 Å². The Bertz CT molecular complexity index is 2290.